The van der Waals surface area contributed by atoms with Crippen LogP contribution in [0.15, 0.2) is 53.2 Å². The van der Waals surface area contributed by atoms with Crippen LogP contribution in [0.1, 0.15) is 30.8 Å². The van der Waals surface area contributed by atoms with Gasteiger partial charge in [-0.05, 0) is 37.1 Å². The molecule has 0 aliphatic heterocycles. The van der Waals surface area contributed by atoms with E-state index in [0.29, 0.717) is 18.9 Å². The molecule has 1 saturated carbocycles. The molecule has 2 aromatic heterocycles. The largest absolute Gasteiger partial charge is 0.441 e. The zero-order valence-corrected chi connectivity index (χ0v) is 15.1. The number of benzene rings is 1. The summed E-state index contributed by atoms with van der Waals surface area (Å²) in [5.41, 5.74) is 1.09. The second-order valence-corrected chi connectivity index (χ2v) is 7.01. The number of hydrogen-bond acceptors (Lipinski definition) is 4. The minimum atomic E-state index is -0.718. The summed E-state index contributed by atoms with van der Waals surface area (Å²) in [5, 5.41) is 2.96. The van der Waals surface area contributed by atoms with E-state index >= 15 is 0 Å². The summed E-state index contributed by atoms with van der Waals surface area (Å²) < 4.78 is 32.3. The maximum absolute atomic E-state index is 13.8. The maximum Gasteiger partial charge on any atom is 0.220 e. The number of amides is 1. The summed E-state index contributed by atoms with van der Waals surface area (Å²) in [6.07, 6.45) is 5.67. The maximum atomic E-state index is 13.8. The number of nitrogens with one attached hydrogen (secondary N) is 1. The first-order valence-corrected chi connectivity index (χ1v) is 9.14. The molecule has 0 radical (unpaired) electrons. The van der Waals surface area contributed by atoms with Gasteiger partial charge in [-0.1, -0.05) is 6.07 Å². The van der Waals surface area contributed by atoms with E-state index in [1.807, 2.05) is 18.2 Å². The molecular weight excluding hydrogens is 364 g/mol. The number of hydrogen-bond donors (Lipinski definition) is 1. The van der Waals surface area contributed by atoms with Crippen molar-refractivity contribution in [1.29, 1.82) is 0 Å². The highest BCUT2D eigenvalue weighted by Gasteiger charge is 2.45. The van der Waals surface area contributed by atoms with Gasteiger partial charge in [-0.3, -0.25) is 9.78 Å². The lowest BCUT2D eigenvalue weighted by Gasteiger charge is -2.15. The van der Waals surface area contributed by atoms with E-state index in [1.165, 1.54) is 12.3 Å². The molecule has 1 aliphatic rings. The number of pyridine rings is 1. The van der Waals surface area contributed by atoms with Crippen LogP contribution in [0.5, 0.6) is 0 Å². The standard InChI is InChI=1S/C21H19F2N3O2/c22-14-4-5-15(16(23)11-14)17-12-25-20(28-17)7-6-19(27)26-13-21(8-9-21)18-3-1-2-10-24-18/h1-5,10-12H,6-9,13H2,(H,26,27). The average Bonchev–Trinajstić information content (AvgIpc) is 3.36. The lowest BCUT2D eigenvalue weighted by molar-refractivity contribution is -0.121. The highest BCUT2D eigenvalue weighted by Crippen LogP contribution is 2.46. The third kappa shape index (κ3) is 3.93. The van der Waals surface area contributed by atoms with Gasteiger partial charge in [0.2, 0.25) is 5.91 Å². The summed E-state index contributed by atoms with van der Waals surface area (Å²) in [6, 6.07) is 9.06. The number of rotatable bonds is 7. The van der Waals surface area contributed by atoms with E-state index in [1.54, 1.807) is 6.20 Å². The molecule has 1 aliphatic carbocycles. The van der Waals surface area contributed by atoms with Crippen molar-refractivity contribution in [3.05, 3.63) is 72.0 Å². The van der Waals surface area contributed by atoms with E-state index in [2.05, 4.69) is 15.3 Å². The van der Waals surface area contributed by atoms with Crippen LogP contribution >= 0.6 is 0 Å². The van der Waals surface area contributed by atoms with Gasteiger partial charge in [0.1, 0.15) is 11.6 Å². The molecule has 144 valence electrons. The molecule has 2 heterocycles. The van der Waals surface area contributed by atoms with Crippen LogP contribution in [0, 0.1) is 11.6 Å². The molecule has 1 amide bonds. The Balaban J connectivity index is 1.30. The number of carbonyl (C=O) groups is 1. The predicted molar refractivity (Wildman–Crippen MR) is 98.3 cm³/mol. The van der Waals surface area contributed by atoms with Crippen molar-refractivity contribution in [2.75, 3.05) is 6.54 Å². The highest BCUT2D eigenvalue weighted by molar-refractivity contribution is 5.76. The second-order valence-electron chi connectivity index (χ2n) is 7.01. The molecule has 1 N–H and O–H groups in total. The Morgan fingerprint density at radius 1 is 1.18 bits per heavy atom. The summed E-state index contributed by atoms with van der Waals surface area (Å²) in [6.45, 7) is 0.556. The van der Waals surface area contributed by atoms with Gasteiger partial charge in [0.25, 0.3) is 0 Å². The number of oxazole rings is 1. The Bertz CT molecular complexity index is 984. The molecule has 0 atom stereocenters. The highest BCUT2D eigenvalue weighted by atomic mass is 19.1. The molecule has 7 heteroatoms. The molecule has 0 saturated heterocycles. The predicted octanol–water partition coefficient (Wildman–Crippen LogP) is 3.80. The van der Waals surface area contributed by atoms with Gasteiger partial charge < -0.3 is 9.73 Å². The van der Waals surface area contributed by atoms with Crippen molar-refractivity contribution in [2.24, 2.45) is 0 Å². The number of halogens is 2. The third-order valence-corrected chi connectivity index (χ3v) is 5.00. The van der Waals surface area contributed by atoms with Gasteiger partial charge in [0.15, 0.2) is 11.7 Å². The van der Waals surface area contributed by atoms with Gasteiger partial charge >= 0.3 is 0 Å². The average molecular weight is 383 g/mol. The van der Waals surface area contributed by atoms with Crippen molar-refractivity contribution in [2.45, 2.75) is 31.1 Å². The van der Waals surface area contributed by atoms with Crippen molar-refractivity contribution >= 4 is 5.91 Å². The number of carbonyl (C=O) groups excluding carboxylic acids is 1. The first kappa shape index (κ1) is 18.3. The third-order valence-electron chi connectivity index (χ3n) is 5.00. The number of aromatic nitrogens is 2. The fraction of sp³-hybridized carbons (Fsp3) is 0.286. The first-order chi connectivity index (χ1) is 13.6. The Morgan fingerprint density at radius 3 is 2.75 bits per heavy atom. The van der Waals surface area contributed by atoms with Crippen LogP contribution in [0.3, 0.4) is 0 Å². The zero-order chi connectivity index (χ0) is 19.6. The molecule has 0 spiro atoms. The molecule has 0 unspecified atom stereocenters. The summed E-state index contributed by atoms with van der Waals surface area (Å²) >= 11 is 0. The Morgan fingerprint density at radius 2 is 2.04 bits per heavy atom. The number of nitrogens with zero attached hydrogens (tertiary/aromatic N) is 2. The van der Waals surface area contributed by atoms with E-state index in [9.17, 15) is 13.6 Å². The van der Waals surface area contributed by atoms with Crippen LogP contribution in [0.25, 0.3) is 11.3 Å². The Hall–Kier alpha value is -3.09. The molecular formula is C21H19F2N3O2. The summed E-state index contributed by atoms with van der Waals surface area (Å²) in [7, 11) is 0. The summed E-state index contributed by atoms with van der Waals surface area (Å²) in [5.74, 6) is -0.934. The van der Waals surface area contributed by atoms with E-state index in [0.717, 1.165) is 30.7 Å². The molecule has 0 bridgehead atoms. The topological polar surface area (TPSA) is 68.0 Å². The molecule has 28 heavy (non-hydrogen) atoms. The minimum absolute atomic E-state index is 0.0485. The van der Waals surface area contributed by atoms with Crippen LogP contribution in [0.4, 0.5) is 8.78 Å². The van der Waals surface area contributed by atoms with Gasteiger partial charge in [0.05, 0.1) is 11.8 Å². The van der Waals surface area contributed by atoms with Crippen molar-refractivity contribution in [3.63, 3.8) is 0 Å². The second kappa shape index (κ2) is 7.50. The quantitative estimate of drug-likeness (QED) is 0.674. The van der Waals surface area contributed by atoms with Crippen LogP contribution < -0.4 is 5.32 Å². The zero-order valence-electron chi connectivity index (χ0n) is 15.1. The fourth-order valence-electron chi connectivity index (χ4n) is 3.17. The lowest BCUT2D eigenvalue weighted by atomic mass is 10.0. The SMILES string of the molecule is O=C(CCc1ncc(-c2ccc(F)cc2F)o1)NCC1(c2ccccn2)CC1. The smallest absolute Gasteiger partial charge is 0.220 e. The van der Waals surface area contributed by atoms with Crippen molar-refractivity contribution in [1.82, 2.24) is 15.3 Å². The summed E-state index contributed by atoms with van der Waals surface area (Å²) in [4.78, 5) is 20.7. The molecule has 1 fully saturated rings. The molecule has 3 aromatic rings. The monoisotopic (exact) mass is 383 g/mol. The molecule has 1 aromatic carbocycles. The van der Waals surface area contributed by atoms with Crippen LogP contribution in [-0.2, 0) is 16.6 Å². The Labute approximate surface area is 160 Å². The van der Waals surface area contributed by atoms with E-state index in [-0.39, 0.29) is 29.1 Å². The number of aryl methyl sites for hydroxylation is 1. The van der Waals surface area contributed by atoms with Gasteiger partial charge in [-0.25, -0.2) is 13.8 Å². The van der Waals surface area contributed by atoms with Crippen molar-refractivity contribution < 1.29 is 18.0 Å². The van der Waals surface area contributed by atoms with Gasteiger partial charge in [-0.15, -0.1) is 0 Å². The van der Waals surface area contributed by atoms with E-state index < -0.39 is 11.6 Å². The minimum Gasteiger partial charge on any atom is -0.441 e. The molecule has 5 nitrogen and oxygen atoms in total. The normalized spacial score (nSPS) is 14.6. The van der Waals surface area contributed by atoms with Crippen molar-refractivity contribution in [3.8, 4) is 11.3 Å². The fourth-order valence-corrected chi connectivity index (χ4v) is 3.17. The molecule has 4 rings (SSSR count). The van der Waals surface area contributed by atoms with Gasteiger partial charge in [-0.2, -0.15) is 0 Å². The van der Waals surface area contributed by atoms with Crippen LogP contribution in [-0.4, -0.2) is 22.4 Å². The van der Waals surface area contributed by atoms with Gasteiger partial charge in [0, 0.05) is 42.8 Å². The Kier molecular flexibility index (Phi) is 4.90. The first-order valence-electron chi connectivity index (χ1n) is 9.14. The van der Waals surface area contributed by atoms with Crippen LogP contribution in [0.2, 0.25) is 0 Å². The lowest BCUT2D eigenvalue weighted by Crippen LogP contribution is -2.32. The van der Waals surface area contributed by atoms with E-state index in [4.69, 9.17) is 4.42 Å².